The van der Waals surface area contributed by atoms with Crippen LogP contribution in [0, 0.1) is 0 Å². The number of likely N-dealkylation sites (N-methyl/N-ethyl adjacent to an activating group) is 1. The van der Waals surface area contributed by atoms with Crippen molar-refractivity contribution in [2.75, 3.05) is 37.9 Å². The fourth-order valence-electron chi connectivity index (χ4n) is 4.63. The Morgan fingerprint density at radius 3 is 2.52 bits per heavy atom. The van der Waals surface area contributed by atoms with E-state index >= 15 is 0 Å². The summed E-state index contributed by atoms with van der Waals surface area (Å²) in [6, 6.07) is 13.4. The van der Waals surface area contributed by atoms with E-state index in [0.29, 0.717) is 24.7 Å². The zero-order valence-electron chi connectivity index (χ0n) is 19.9. The van der Waals surface area contributed by atoms with Crippen molar-refractivity contribution in [1.29, 1.82) is 0 Å². The molecule has 2 N–H and O–H groups in total. The summed E-state index contributed by atoms with van der Waals surface area (Å²) in [5.41, 5.74) is 5.21. The molecule has 0 bridgehead atoms. The third-order valence-corrected chi connectivity index (χ3v) is 6.94. The van der Waals surface area contributed by atoms with Gasteiger partial charge in [0.05, 0.1) is 6.10 Å². The van der Waals surface area contributed by atoms with Gasteiger partial charge in [-0.1, -0.05) is 23.7 Å². The van der Waals surface area contributed by atoms with Gasteiger partial charge in [0.25, 0.3) is 0 Å². The van der Waals surface area contributed by atoms with Gasteiger partial charge in [-0.25, -0.2) is 4.79 Å². The van der Waals surface area contributed by atoms with Crippen LogP contribution in [0.1, 0.15) is 24.5 Å². The van der Waals surface area contributed by atoms with E-state index in [-0.39, 0.29) is 18.0 Å². The molecule has 2 heterocycles. The number of hydrogen-bond donors (Lipinski definition) is 2. The highest BCUT2D eigenvalue weighted by atomic mass is 16.5. The first-order valence-corrected chi connectivity index (χ1v) is 11.6. The maximum atomic E-state index is 13.2. The van der Waals surface area contributed by atoms with Crippen LogP contribution < -0.4 is 16.1 Å². The Kier molecular flexibility index (Phi) is 7.05. The quantitative estimate of drug-likeness (QED) is 0.698. The zero-order chi connectivity index (χ0) is 23.5. The monoisotopic (exact) mass is 448 g/mol. The fraction of sp³-hybridized carbons (Fsp3) is 0.440. The van der Waals surface area contributed by atoms with Gasteiger partial charge in [0.2, 0.25) is 5.91 Å². The molecule has 2 aliphatic heterocycles. The van der Waals surface area contributed by atoms with E-state index in [1.54, 1.807) is 12.0 Å². The number of nitrogens with zero attached hydrogens (tertiary/aromatic N) is 2. The van der Waals surface area contributed by atoms with Gasteiger partial charge >= 0.3 is 6.03 Å². The Labute approximate surface area is 196 Å². The number of carbonyl (C=O) groups is 2. The van der Waals surface area contributed by atoms with Crippen LogP contribution in [0.15, 0.2) is 42.5 Å². The number of ether oxygens (including phenoxy) is 1. The Morgan fingerprint density at radius 2 is 1.79 bits per heavy atom. The standard InChI is InChI=1S/C25H33BN4O3/c1-16-12-17-4-7-21(13-18(17)10-11-29(16)2)27-24(31)23-14-22(33-3)15-30(23)25(32)28-20-8-5-19(26)6-9-20/h4-9,13,16,22-23H,10-12,14-15,26H2,1-3H3,(H,27,31)(H,28,32). The number of nitrogens with one attached hydrogen (secondary N) is 2. The maximum Gasteiger partial charge on any atom is 0.322 e. The van der Waals surface area contributed by atoms with E-state index in [4.69, 9.17) is 4.74 Å². The molecule has 3 amide bonds. The van der Waals surface area contributed by atoms with Gasteiger partial charge in [0.15, 0.2) is 0 Å². The van der Waals surface area contributed by atoms with Crippen molar-refractivity contribution in [3.63, 3.8) is 0 Å². The number of fused-ring (bicyclic) bond motifs is 1. The lowest BCUT2D eigenvalue weighted by Crippen LogP contribution is -2.45. The molecule has 174 valence electrons. The second kappa shape index (κ2) is 9.97. The molecule has 3 atom stereocenters. The number of rotatable bonds is 4. The Hall–Kier alpha value is -2.84. The second-order valence-corrected chi connectivity index (χ2v) is 9.31. The third kappa shape index (κ3) is 5.39. The van der Waals surface area contributed by atoms with Crippen molar-refractivity contribution >= 4 is 36.6 Å². The van der Waals surface area contributed by atoms with Crippen LogP contribution in [-0.4, -0.2) is 75.0 Å². The van der Waals surface area contributed by atoms with Gasteiger partial charge in [0.1, 0.15) is 13.9 Å². The number of hydrogen-bond acceptors (Lipinski definition) is 4. The molecule has 0 aliphatic carbocycles. The van der Waals surface area contributed by atoms with Crippen molar-refractivity contribution in [3.8, 4) is 0 Å². The minimum atomic E-state index is -0.592. The molecule has 0 radical (unpaired) electrons. The van der Waals surface area contributed by atoms with Crippen molar-refractivity contribution in [1.82, 2.24) is 9.80 Å². The summed E-state index contributed by atoms with van der Waals surface area (Å²) in [7, 11) is 5.77. The highest BCUT2D eigenvalue weighted by Gasteiger charge is 2.40. The van der Waals surface area contributed by atoms with Gasteiger partial charge < -0.3 is 25.2 Å². The summed E-state index contributed by atoms with van der Waals surface area (Å²) >= 11 is 0. The SMILES string of the molecule is Bc1ccc(NC(=O)N2CC(OC)CC2C(=O)Nc2ccc3c(c2)CCN(C)C(C)C3)cc1. The van der Waals surface area contributed by atoms with Crippen LogP contribution in [-0.2, 0) is 22.4 Å². The molecule has 0 spiro atoms. The molecule has 1 saturated heterocycles. The number of carbonyl (C=O) groups excluding carboxylic acids is 2. The molecule has 3 unspecified atom stereocenters. The van der Waals surface area contributed by atoms with E-state index in [1.165, 1.54) is 11.1 Å². The van der Waals surface area contributed by atoms with Crippen molar-refractivity contribution in [2.24, 2.45) is 0 Å². The topological polar surface area (TPSA) is 73.9 Å². The second-order valence-electron chi connectivity index (χ2n) is 9.31. The molecule has 4 rings (SSSR count). The van der Waals surface area contributed by atoms with Crippen LogP contribution in [0.2, 0.25) is 0 Å². The first kappa shape index (κ1) is 23.3. The number of anilines is 2. The average molecular weight is 448 g/mol. The lowest BCUT2D eigenvalue weighted by Gasteiger charge is -2.24. The molecule has 2 aromatic carbocycles. The van der Waals surface area contributed by atoms with E-state index in [0.717, 1.165) is 30.5 Å². The van der Waals surface area contributed by atoms with Gasteiger partial charge in [-0.15, -0.1) is 0 Å². The molecular formula is C25H33BN4O3. The molecule has 33 heavy (non-hydrogen) atoms. The number of urea groups is 1. The predicted molar refractivity (Wildman–Crippen MR) is 134 cm³/mol. The molecule has 2 aliphatic rings. The molecule has 1 fully saturated rings. The van der Waals surface area contributed by atoms with E-state index < -0.39 is 6.04 Å². The summed E-state index contributed by atoms with van der Waals surface area (Å²) in [5.74, 6) is -0.187. The number of amides is 3. The highest BCUT2D eigenvalue weighted by molar-refractivity contribution is 6.32. The summed E-state index contributed by atoms with van der Waals surface area (Å²) < 4.78 is 5.49. The summed E-state index contributed by atoms with van der Waals surface area (Å²) in [6.07, 6.45) is 2.26. The molecule has 8 heteroatoms. The summed E-state index contributed by atoms with van der Waals surface area (Å²) in [5, 5.41) is 5.96. The fourth-order valence-corrected chi connectivity index (χ4v) is 4.63. The normalized spacial score (nSPS) is 23.0. The maximum absolute atomic E-state index is 13.2. The number of methoxy groups -OCH3 is 1. The van der Waals surface area contributed by atoms with Gasteiger partial charge in [-0.2, -0.15) is 0 Å². The minimum absolute atomic E-state index is 0.173. The minimum Gasteiger partial charge on any atom is -0.380 e. The summed E-state index contributed by atoms with van der Waals surface area (Å²) in [6.45, 7) is 3.62. The Balaban J connectivity index is 1.46. The number of benzene rings is 2. The van der Waals surface area contributed by atoms with Gasteiger partial charge in [-0.05, 0) is 62.2 Å². The molecule has 7 nitrogen and oxygen atoms in total. The molecule has 2 aromatic rings. The average Bonchev–Trinajstić information content (AvgIpc) is 3.19. The third-order valence-electron chi connectivity index (χ3n) is 6.94. The summed E-state index contributed by atoms with van der Waals surface area (Å²) in [4.78, 5) is 30.2. The van der Waals surface area contributed by atoms with Crippen LogP contribution in [0.25, 0.3) is 0 Å². The molecule has 0 aromatic heterocycles. The largest absolute Gasteiger partial charge is 0.380 e. The Morgan fingerprint density at radius 1 is 1.06 bits per heavy atom. The van der Waals surface area contributed by atoms with E-state index in [2.05, 4.69) is 41.6 Å². The van der Waals surface area contributed by atoms with Crippen LogP contribution in [0.4, 0.5) is 16.2 Å². The van der Waals surface area contributed by atoms with Crippen molar-refractivity contribution in [2.45, 2.75) is 44.4 Å². The van der Waals surface area contributed by atoms with Crippen LogP contribution >= 0.6 is 0 Å². The lowest BCUT2D eigenvalue weighted by molar-refractivity contribution is -0.119. The van der Waals surface area contributed by atoms with Gasteiger partial charge in [-0.3, -0.25) is 4.79 Å². The molecule has 0 saturated carbocycles. The van der Waals surface area contributed by atoms with Crippen LogP contribution in [0.3, 0.4) is 0 Å². The highest BCUT2D eigenvalue weighted by Crippen LogP contribution is 2.25. The first-order valence-electron chi connectivity index (χ1n) is 11.6. The van der Waals surface area contributed by atoms with Crippen LogP contribution in [0.5, 0.6) is 0 Å². The van der Waals surface area contributed by atoms with Gasteiger partial charge in [0, 0.05) is 44.0 Å². The zero-order valence-corrected chi connectivity index (χ0v) is 19.9. The number of likely N-dealkylation sites (tertiary alicyclic amines) is 1. The van der Waals surface area contributed by atoms with E-state index in [9.17, 15) is 9.59 Å². The Bertz CT molecular complexity index is 1010. The smallest absolute Gasteiger partial charge is 0.322 e. The predicted octanol–water partition coefficient (Wildman–Crippen LogP) is 1.62. The molecular weight excluding hydrogens is 415 g/mol. The van der Waals surface area contributed by atoms with Crippen molar-refractivity contribution < 1.29 is 14.3 Å². The van der Waals surface area contributed by atoms with E-state index in [1.807, 2.05) is 38.2 Å². The first-order chi connectivity index (χ1) is 15.8. The lowest BCUT2D eigenvalue weighted by atomic mass is 9.96. The van der Waals surface area contributed by atoms with Crippen molar-refractivity contribution in [3.05, 3.63) is 53.6 Å².